The third-order valence-electron chi connectivity index (χ3n) is 0. The molecule has 0 aromatic rings. The molecule has 7 heteroatoms. The predicted molar refractivity (Wildman–Crippen MR) is 35.7 cm³/mol. The van der Waals surface area contributed by atoms with Gasteiger partial charge in [-0.05, 0) is 0 Å². The SMILES string of the molecule is [Re].[S-]N[S-].[S-]N[S-]. The molecule has 0 aromatic carbocycles. The molecule has 7 heavy (non-hydrogen) atoms. The van der Waals surface area contributed by atoms with E-state index in [1.165, 1.54) is 0 Å². The summed E-state index contributed by atoms with van der Waals surface area (Å²) in [6.45, 7) is 0. The van der Waals surface area contributed by atoms with Crippen molar-refractivity contribution in [3.8, 4) is 0 Å². The third-order valence-corrected chi connectivity index (χ3v) is 0. The van der Waals surface area contributed by atoms with Gasteiger partial charge in [0.15, 0.2) is 0 Å². The minimum Gasteiger partial charge on any atom is -0.734 e. The molecule has 0 aliphatic heterocycles. The molecule has 0 rings (SSSR count). The maximum absolute atomic E-state index is 3.96. The first-order valence-electron chi connectivity index (χ1n) is 0.816. The Balaban J connectivity index is -0.0000000400. The van der Waals surface area contributed by atoms with Crippen LogP contribution in [0.3, 0.4) is 0 Å². The Morgan fingerprint density at radius 1 is 0.714 bits per heavy atom. The topological polar surface area (TPSA) is 24.1 Å². The van der Waals surface area contributed by atoms with Gasteiger partial charge in [-0.2, -0.15) is 0 Å². The molecule has 47 valence electrons. The van der Waals surface area contributed by atoms with Crippen LogP contribution in [-0.2, 0) is 71.7 Å². The first-order valence-corrected chi connectivity index (χ1v) is 2.45. The molecule has 0 spiro atoms. The minimum atomic E-state index is 0. The van der Waals surface area contributed by atoms with E-state index in [-0.39, 0.29) is 20.4 Å². The Hall–Kier alpha value is 1.98. The standard InChI is InChI=1S/2HNS2.Re/c2*2-1-3;/h2*1H;/q2*-2;. The Morgan fingerprint density at radius 2 is 0.714 bits per heavy atom. The van der Waals surface area contributed by atoms with Gasteiger partial charge in [0.05, 0.1) is 0 Å². The molecule has 0 bridgehead atoms. The second-order valence-electron chi connectivity index (χ2n) is 0.167. The van der Waals surface area contributed by atoms with E-state index in [1.54, 1.807) is 0 Å². The van der Waals surface area contributed by atoms with Crippen molar-refractivity contribution in [3.63, 3.8) is 0 Å². The monoisotopic (exact) mass is 345 g/mol. The van der Waals surface area contributed by atoms with Crippen LogP contribution in [0.2, 0.25) is 0 Å². The van der Waals surface area contributed by atoms with Crippen molar-refractivity contribution in [1.29, 1.82) is 0 Å². The summed E-state index contributed by atoms with van der Waals surface area (Å²) in [7, 11) is 0. The Labute approximate surface area is 79.4 Å². The molecule has 0 fully saturated rings. The molecule has 0 aromatic heterocycles. The summed E-state index contributed by atoms with van der Waals surface area (Å²) >= 11 is 15.8. The molecule has 0 aliphatic rings. The van der Waals surface area contributed by atoms with E-state index in [2.05, 4.69) is 51.3 Å². The van der Waals surface area contributed by atoms with Gasteiger partial charge in [0.25, 0.3) is 0 Å². The van der Waals surface area contributed by atoms with Crippen LogP contribution < -0.4 is 8.25 Å². The number of nitrogens with one attached hydrogen (secondary N) is 2. The Kier molecular flexibility index (Phi) is 56.1. The van der Waals surface area contributed by atoms with Crippen molar-refractivity contribution >= 4 is 51.3 Å². The van der Waals surface area contributed by atoms with E-state index in [0.717, 1.165) is 0 Å². The van der Waals surface area contributed by atoms with Gasteiger partial charge in [-0.1, -0.05) is 0 Å². The first-order chi connectivity index (χ1) is 2.83. The van der Waals surface area contributed by atoms with E-state index < -0.39 is 0 Å². The van der Waals surface area contributed by atoms with Crippen molar-refractivity contribution in [2.24, 2.45) is 0 Å². The molecule has 0 atom stereocenters. The summed E-state index contributed by atoms with van der Waals surface area (Å²) in [6.07, 6.45) is 0. The zero-order valence-corrected chi connectivity index (χ0v) is 8.99. The van der Waals surface area contributed by atoms with Gasteiger partial charge in [-0.15, -0.1) is 0 Å². The molecule has 2 N–H and O–H groups in total. The smallest absolute Gasteiger partial charge is 0 e. The summed E-state index contributed by atoms with van der Waals surface area (Å²) in [5, 5.41) is 0. The van der Waals surface area contributed by atoms with Crippen molar-refractivity contribution in [1.82, 2.24) is 8.25 Å². The number of rotatable bonds is 0. The van der Waals surface area contributed by atoms with Crippen LogP contribution in [0.1, 0.15) is 0 Å². The van der Waals surface area contributed by atoms with Crippen molar-refractivity contribution in [3.05, 3.63) is 0 Å². The fourth-order valence-electron chi connectivity index (χ4n) is 0. The van der Waals surface area contributed by atoms with Gasteiger partial charge in [0, 0.05) is 20.4 Å². The van der Waals surface area contributed by atoms with Gasteiger partial charge in [-0.25, -0.2) is 0 Å². The van der Waals surface area contributed by atoms with Gasteiger partial charge < -0.3 is 59.5 Å². The zero-order chi connectivity index (χ0) is 5.41. The van der Waals surface area contributed by atoms with Crippen molar-refractivity contribution in [2.45, 2.75) is 0 Å². The molecule has 0 aliphatic carbocycles. The van der Waals surface area contributed by atoms with E-state index in [1.807, 2.05) is 8.25 Å². The number of hydrogen-bond donors (Lipinski definition) is 2. The van der Waals surface area contributed by atoms with E-state index in [9.17, 15) is 0 Å². The summed E-state index contributed by atoms with van der Waals surface area (Å²) in [5.74, 6) is 0. The molecule has 0 saturated heterocycles. The minimum absolute atomic E-state index is 0. The molecule has 0 saturated carbocycles. The summed E-state index contributed by atoms with van der Waals surface area (Å²) in [5.41, 5.74) is 0. The quantitative estimate of drug-likeness (QED) is 0.547. The first kappa shape index (κ1) is 16.0. The predicted octanol–water partition coefficient (Wildman–Crippen LogP) is -1.00. The Bertz CT molecular complexity index is 11.7. The largest absolute Gasteiger partial charge is 0.734 e. The van der Waals surface area contributed by atoms with E-state index in [4.69, 9.17) is 0 Å². The molecule has 0 amide bonds. The van der Waals surface area contributed by atoms with Gasteiger partial charge in [0.1, 0.15) is 0 Å². The fourth-order valence-corrected chi connectivity index (χ4v) is 0. The Morgan fingerprint density at radius 3 is 0.714 bits per heavy atom. The summed E-state index contributed by atoms with van der Waals surface area (Å²) in [4.78, 5) is 0. The third kappa shape index (κ3) is 72.7. The summed E-state index contributed by atoms with van der Waals surface area (Å²) in [6, 6.07) is 0. The van der Waals surface area contributed by atoms with Crippen LogP contribution in [0.25, 0.3) is 0 Å². The van der Waals surface area contributed by atoms with Crippen LogP contribution >= 0.6 is 0 Å². The van der Waals surface area contributed by atoms with Gasteiger partial charge in [0.2, 0.25) is 0 Å². The van der Waals surface area contributed by atoms with Crippen LogP contribution in [-0.4, -0.2) is 0 Å². The van der Waals surface area contributed by atoms with Gasteiger partial charge >= 0.3 is 0 Å². The second-order valence-corrected chi connectivity index (χ2v) is 1.50. The fraction of sp³-hybridized carbons (Fsp3) is 0. The van der Waals surface area contributed by atoms with E-state index in [0.29, 0.717) is 0 Å². The average molecular weight is 345 g/mol. The van der Waals surface area contributed by atoms with Crippen molar-refractivity contribution in [2.75, 3.05) is 0 Å². The van der Waals surface area contributed by atoms with Crippen LogP contribution in [0.15, 0.2) is 0 Å². The molecule has 0 unspecified atom stereocenters. The molecular weight excluding hydrogens is 342 g/mol. The maximum Gasteiger partial charge on any atom is 0 e. The normalized spacial score (nSPS) is 5.14. The van der Waals surface area contributed by atoms with E-state index >= 15 is 0 Å². The second kappa shape index (κ2) is 24.5. The zero-order valence-electron chi connectivity index (χ0n) is 3.01. The van der Waals surface area contributed by atoms with Crippen LogP contribution in [0, 0.1) is 0 Å². The average Bonchev–Trinajstić information content (AvgIpc) is 1.39. The van der Waals surface area contributed by atoms with Crippen LogP contribution in [0.4, 0.5) is 0 Å². The van der Waals surface area contributed by atoms with Gasteiger partial charge in [-0.3, -0.25) is 0 Å². The van der Waals surface area contributed by atoms with Crippen molar-refractivity contribution < 1.29 is 20.4 Å². The maximum atomic E-state index is 3.96. The molecule has 1 radical (unpaired) electrons. The van der Waals surface area contributed by atoms with Crippen LogP contribution in [0.5, 0.6) is 0 Å². The number of hydrogen-bond acceptors (Lipinski definition) is 6. The molecule has 0 heterocycles. The molecule has 2 nitrogen and oxygen atoms in total. The summed E-state index contributed by atoms with van der Waals surface area (Å²) < 4.78 is 3.83. The molecular formula is H2N2ReS4-4.